The molecule has 9 rings (SSSR count). The van der Waals surface area contributed by atoms with E-state index in [1.165, 1.54) is 41.1 Å². The Labute approximate surface area is 340 Å². The molecule has 0 radical (unpaired) electrons. The fraction of sp³-hybridized carbons (Fsp3) is 0.0233. The van der Waals surface area contributed by atoms with Gasteiger partial charge in [-0.2, -0.15) is 0 Å². The fourth-order valence-corrected chi connectivity index (χ4v) is 7.44. The molecule has 63 heavy (non-hydrogen) atoms. The molecule has 0 unspecified atom stereocenters. The third-order valence-corrected chi connectivity index (χ3v) is 10.3. The van der Waals surface area contributed by atoms with E-state index in [0.29, 0.717) is 0 Å². The summed E-state index contributed by atoms with van der Waals surface area (Å²) in [5.74, 6) is -36.7. The number of benzene rings is 3. The first kappa shape index (κ1) is 40.9. The van der Waals surface area contributed by atoms with Crippen LogP contribution in [0.2, 0.25) is 0 Å². The van der Waals surface area contributed by atoms with E-state index >= 15 is 35.1 Å². The molecular weight excluding hydrogens is 871 g/mol. The number of hydrogen-bond donors (Lipinski definition) is 2. The van der Waals surface area contributed by atoms with E-state index in [4.69, 9.17) is 0 Å². The third-order valence-electron chi connectivity index (χ3n) is 10.3. The molecule has 5 nitrogen and oxygen atoms in total. The Morgan fingerprint density at radius 2 is 0.730 bits per heavy atom. The molecular formula is C43H16F15N5. The predicted octanol–water partition coefficient (Wildman–Crippen LogP) is 12.7. The summed E-state index contributed by atoms with van der Waals surface area (Å²) in [6.45, 7) is -0.386. The van der Waals surface area contributed by atoms with Crippen LogP contribution in [-0.2, 0) is 6.54 Å². The van der Waals surface area contributed by atoms with Gasteiger partial charge in [0, 0.05) is 39.4 Å². The SMILES string of the molecule is Fc1c(F)c(F)c(-c2c3nc(c(-c4c(F)c(F)c(F)c(F)c4F)c4ccc([nH]4)c4ccc(c(-c5c(F)c(F)c(F)c(F)c5F)c5ccc2[nH]5)n4Cc2ccccn2)C=C3)c(F)c1F. The minimum absolute atomic E-state index is 0.0218. The van der Waals surface area contributed by atoms with Crippen LogP contribution in [-0.4, -0.2) is 24.5 Å². The Hall–Kier alpha value is -7.51. The van der Waals surface area contributed by atoms with Gasteiger partial charge in [-0.15, -0.1) is 0 Å². The number of aromatic nitrogens is 5. The van der Waals surface area contributed by atoms with E-state index in [1.54, 1.807) is 0 Å². The van der Waals surface area contributed by atoms with Gasteiger partial charge in [0.2, 0.25) is 17.5 Å². The van der Waals surface area contributed by atoms with Gasteiger partial charge in [-0.3, -0.25) is 4.98 Å². The number of fused-ring (bicyclic) bond motifs is 9. The van der Waals surface area contributed by atoms with Crippen molar-refractivity contribution in [3.05, 3.63) is 165 Å². The van der Waals surface area contributed by atoms with Gasteiger partial charge in [-0.05, 0) is 60.7 Å². The number of aromatic amines is 2. The largest absolute Gasteiger partial charge is 0.354 e. The molecule has 20 heteroatoms. The van der Waals surface area contributed by atoms with Gasteiger partial charge < -0.3 is 14.5 Å². The Morgan fingerprint density at radius 1 is 0.365 bits per heavy atom. The fourth-order valence-electron chi connectivity index (χ4n) is 7.44. The maximum atomic E-state index is 16.0. The number of halogens is 15. The Balaban J connectivity index is 1.58. The van der Waals surface area contributed by atoms with Gasteiger partial charge in [0.05, 0.1) is 56.9 Å². The molecule has 0 amide bonds. The molecule has 1 aliphatic rings. The van der Waals surface area contributed by atoms with E-state index in [-0.39, 0.29) is 28.8 Å². The maximum Gasteiger partial charge on any atom is 0.200 e. The predicted molar refractivity (Wildman–Crippen MR) is 198 cm³/mol. The number of H-pyrrole nitrogens is 2. The van der Waals surface area contributed by atoms with Gasteiger partial charge in [0.1, 0.15) is 0 Å². The maximum absolute atomic E-state index is 16.0. The van der Waals surface area contributed by atoms with Crippen molar-refractivity contribution < 1.29 is 65.9 Å². The van der Waals surface area contributed by atoms with Crippen molar-refractivity contribution in [3.63, 3.8) is 0 Å². The van der Waals surface area contributed by atoms with Crippen molar-refractivity contribution in [1.29, 1.82) is 0 Å². The Bertz CT molecular complexity index is 3360. The molecule has 0 fully saturated rings. The summed E-state index contributed by atoms with van der Waals surface area (Å²) in [5.41, 5.74) is -11.2. The number of pyridine rings is 1. The molecule has 6 heterocycles. The minimum Gasteiger partial charge on any atom is -0.354 e. The summed E-state index contributed by atoms with van der Waals surface area (Å²) >= 11 is 0. The lowest BCUT2D eigenvalue weighted by atomic mass is 10.0. The second-order valence-corrected chi connectivity index (χ2v) is 13.8. The first-order chi connectivity index (χ1) is 30.0. The monoisotopic (exact) mass is 887 g/mol. The molecule has 0 saturated heterocycles. The van der Waals surface area contributed by atoms with Crippen LogP contribution in [0.25, 0.3) is 78.6 Å². The van der Waals surface area contributed by atoms with Crippen molar-refractivity contribution >= 4 is 45.3 Å². The highest BCUT2D eigenvalue weighted by molar-refractivity contribution is 6.00. The summed E-state index contributed by atoms with van der Waals surface area (Å²) < 4.78 is 229. The number of nitrogens with zero attached hydrogens (tertiary/aromatic N) is 3. The van der Waals surface area contributed by atoms with Crippen LogP contribution in [0.4, 0.5) is 65.9 Å². The van der Waals surface area contributed by atoms with Crippen LogP contribution in [0.1, 0.15) is 17.1 Å². The molecule has 8 aromatic rings. The first-order valence-corrected chi connectivity index (χ1v) is 17.8. The van der Waals surface area contributed by atoms with Crippen LogP contribution < -0.4 is 0 Å². The Kier molecular flexibility index (Phi) is 9.63. The molecule has 318 valence electrons. The van der Waals surface area contributed by atoms with Gasteiger partial charge in [0.25, 0.3) is 0 Å². The second kappa shape index (κ2) is 14.8. The van der Waals surface area contributed by atoms with E-state index in [9.17, 15) is 30.7 Å². The van der Waals surface area contributed by atoms with Crippen LogP contribution in [0.15, 0.2) is 60.8 Å². The standard InChI is InChI=1S/C43H16F15N5/c44-29-26(30(45)36(51)41(56)35(29)50)23-16-5-4-15(60-16)21-10-11-22(63(21)13-14-3-1-2-12-59-14)25(28-33(48)39(54)43(58)40(55)34(28)49)20-9-8-19(62-20)24(18-7-6-17(23)61-18)27-31(46)37(52)42(57)38(53)32(27)47/h1-12,60,62H,13H2. The first-order valence-electron chi connectivity index (χ1n) is 17.8. The van der Waals surface area contributed by atoms with Crippen molar-refractivity contribution in [2.24, 2.45) is 0 Å². The summed E-state index contributed by atoms with van der Waals surface area (Å²) in [4.78, 5) is 13.6. The quantitative estimate of drug-likeness (QED) is 0.103. The second-order valence-electron chi connectivity index (χ2n) is 13.8. The number of hydrogen-bond acceptors (Lipinski definition) is 2. The summed E-state index contributed by atoms with van der Waals surface area (Å²) in [5, 5.41) is 0. The average molecular weight is 888 g/mol. The molecule has 0 saturated carbocycles. The van der Waals surface area contributed by atoms with Crippen molar-refractivity contribution in [2.45, 2.75) is 6.54 Å². The molecule has 0 spiro atoms. The lowest BCUT2D eigenvalue weighted by Gasteiger charge is -2.13. The third kappa shape index (κ3) is 6.13. The number of nitrogens with one attached hydrogen (secondary N) is 2. The summed E-state index contributed by atoms with van der Waals surface area (Å²) in [6, 6.07) is 10.9. The van der Waals surface area contributed by atoms with Gasteiger partial charge in [-0.25, -0.2) is 70.8 Å². The zero-order valence-corrected chi connectivity index (χ0v) is 30.6. The normalized spacial score (nSPS) is 12.0. The van der Waals surface area contributed by atoms with Crippen LogP contribution in [0, 0.1) is 87.3 Å². The highest BCUT2D eigenvalue weighted by Gasteiger charge is 2.33. The smallest absolute Gasteiger partial charge is 0.200 e. The van der Waals surface area contributed by atoms with Crippen LogP contribution >= 0.6 is 0 Å². The van der Waals surface area contributed by atoms with Crippen LogP contribution in [0.3, 0.4) is 0 Å². The van der Waals surface area contributed by atoms with E-state index in [1.807, 2.05) is 0 Å². The lowest BCUT2D eigenvalue weighted by Crippen LogP contribution is -2.06. The van der Waals surface area contributed by atoms with Gasteiger partial charge >= 0.3 is 0 Å². The number of rotatable bonds is 5. The topological polar surface area (TPSA) is 62.3 Å². The van der Waals surface area contributed by atoms with Crippen molar-refractivity contribution in [1.82, 2.24) is 24.5 Å². The summed E-state index contributed by atoms with van der Waals surface area (Å²) in [6.07, 6.45) is 3.00. The minimum atomic E-state index is -2.61. The summed E-state index contributed by atoms with van der Waals surface area (Å²) in [7, 11) is 0. The molecule has 2 N–H and O–H groups in total. The lowest BCUT2D eigenvalue weighted by molar-refractivity contribution is 0.381. The van der Waals surface area contributed by atoms with E-state index < -0.39 is 149 Å². The molecule has 0 atom stereocenters. The van der Waals surface area contributed by atoms with Gasteiger partial charge in [0.15, 0.2) is 69.8 Å². The zero-order chi connectivity index (χ0) is 44.9. The van der Waals surface area contributed by atoms with Crippen LogP contribution in [0.5, 0.6) is 0 Å². The Morgan fingerprint density at radius 3 is 1.16 bits per heavy atom. The molecule has 1 aliphatic heterocycles. The zero-order valence-electron chi connectivity index (χ0n) is 30.6. The van der Waals surface area contributed by atoms with Crippen molar-refractivity contribution in [2.75, 3.05) is 0 Å². The van der Waals surface area contributed by atoms with E-state index in [0.717, 1.165) is 36.4 Å². The molecule has 8 bridgehead atoms. The average Bonchev–Trinajstić information content (AvgIpc) is 4.13. The highest BCUT2D eigenvalue weighted by Crippen LogP contribution is 2.43. The molecule has 3 aromatic carbocycles. The van der Waals surface area contributed by atoms with Gasteiger partial charge in [-0.1, -0.05) is 6.07 Å². The van der Waals surface area contributed by atoms with Crippen molar-refractivity contribution in [3.8, 4) is 33.4 Å². The van der Waals surface area contributed by atoms with E-state index in [2.05, 4.69) is 19.9 Å². The molecule has 0 aliphatic carbocycles. The molecule has 5 aromatic heterocycles. The highest BCUT2D eigenvalue weighted by atomic mass is 19.2.